The van der Waals surface area contributed by atoms with Gasteiger partial charge in [-0.25, -0.2) is 4.39 Å². The Morgan fingerprint density at radius 3 is 2.95 bits per heavy atom. The molecule has 0 bridgehead atoms. The third-order valence-electron chi connectivity index (χ3n) is 3.35. The molecule has 1 N–H and O–H groups in total. The molecule has 0 aromatic heterocycles. The molecule has 0 spiro atoms. The van der Waals surface area contributed by atoms with Crippen molar-refractivity contribution in [2.75, 3.05) is 0 Å². The number of benzene rings is 1. The first-order valence-electron chi connectivity index (χ1n) is 6.64. The fourth-order valence-electron chi connectivity index (χ4n) is 2.65. The zero-order valence-corrected chi connectivity index (χ0v) is 12.1. The van der Waals surface area contributed by atoms with E-state index in [0.717, 1.165) is 24.2 Å². The molecular weight excluding hydrogens is 259 g/mol. The maximum absolute atomic E-state index is 13.2. The molecule has 0 radical (unpaired) electrons. The van der Waals surface area contributed by atoms with E-state index >= 15 is 0 Å². The predicted octanol–water partition coefficient (Wildman–Crippen LogP) is 3.73. The van der Waals surface area contributed by atoms with Crippen molar-refractivity contribution in [1.82, 2.24) is 5.32 Å². The molecule has 4 heteroatoms. The Labute approximate surface area is 118 Å². The van der Waals surface area contributed by atoms with Gasteiger partial charge in [-0.1, -0.05) is 6.07 Å². The maximum atomic E-state index is 13.2. The highest BCUT2D eigenvalue weighted by atomic mass is 32.2. The van der Waals surface area contributed by atoms with E-state index in [9.17, 15) is 9.65 Å². The molecule has 2 unspecified atom stereocenters. The van der Waals surface area contributed by atoms with Crippen molar-refractivity contribution >= 4 is 11.8 Å². The average Bonchev–Trinajstić information content (AvgIpc) is 2.72. The molecule has 1 aliphatic rings. The lowest BCUT2D eigenvalue weighted by Gasteiger charge is -2.25. The van der Waals surface area contributed by atoms with Crippen LogP contribution in [0.3, 0.4) is 0 Å². The molecular formula is C15H19FN2S. The Hall–Kier alpha value is -1.05. The number of hydrogen-bond donors (Lipinski definition) is 1. The zero-order chi connectivity index (χ0) is 13.9. The summed E-state index contributed by atoms with van der Waals surface area (Å²) in [5.41, 5.74) is -0.404. The van der Waals surface area contributed by atoms with Crippen molar-refractivity contribution in [2.45, 2.75) is 54.8 Å². The Bertz CT molecular complexity index is 483. The first-order chi connectivity index (χ1) is 9.03. The normalized spacial score (nSPS) is 26.6. The van der Waals surface area contributed by atoms with Gasteiger partial charge in [0.15, 0.2) is 0 Å². The van der Waals surface area contributed by atoms with Crippen LogP contribution < -0.4 is 5.32 Å². The SMILES string of the molecule is CC(C)NC1(C#N)CCC(Sc2cccc(F)c2)C1. The van der Waals surface area contributed by atoms with Crippen molar-refractivity contribution in [2.24, 2.45) is 0 Å². The minimum absolute atomic E-state index is 0.199. The summed E-state index contributed by atoms with van der Waals surface area (Å²) in [4.78, 5) is 0.947. The van der Waals surface area contributed by atoms with Crippen LogP contribution in [0.2, 0.25) is 0 Å². The topological polar surface area (TPSA) is 35.8 Å². The lowest BCUT2D eigenvalue weighted by atomic mass is 9.99. The summed E-state index contributed by atoms with van der Waals surface area (Å²) in [5.74, 6) is -0.199. The van der Waals surface area contributed by atoms with Crippen LogP contribution in [-0.2, 0) is 0 Å². The van der Waals surface area contributed by atoms with Crippen molar-refractivity contribution in [3.63, 3.8) is 0 Å². The Morgan fingerprint density at radius 2 is 2.32 bits per heavy atom. The average molecular weight is 278 g/mol. The van der Waals surface area contributed by atoms with Gasteiger partial charge >= 0.3 is 0 Å². The standard InChI is InChI=1S/C15H19FN2S/c1-11(2)18-15(10-17)7-6-14(9-15)19-13-5-3-4-12(16)8-13/h3-5,8,11,14,18H,6-7,9H2,1-2H3. The highest BCUT2D eigenvalue weighted by molar-refractivity contribution is 8.00. The van der Waals surface area contributed by atoms with Gasteiger partial charge in [-0.2, -0.15) is 5.26 Å². The second kappa shape index (κ2) is 5.94. The summed E-state index contributed by atoms with van der Waals surface area (Å²) in [5, 5.41) is 13.2. The number of nitriles is 1. The molecule has 0 saturated heterocycles. The first-order valence-corrected chi connectivity index (χ1v) is 7.52. The summed E-state index contributed by atoms with van der Waals surface area (Å²) in [7, 11) is 0. The van der Waals surface area contributed by atoms with E-state index in [1.165, 1.54) is 6.07 Å². The van der Waals surface area contributed by atoms with Crippen LogP contribution in [0.15, 0.2) is 29.2 Å². The van der Waals surface area contributed by atoms with Crippen molar-refractivity contribution < 1.29 is 4.39 Å². The van der Waals surface area contributed by atoms with Crippen LogP contribution in [0.4, 0.5) is 4.39 Å². The Morgan fingerprint density at radius 1 is 1.53 bits per heavy atom. The molecule has 1 aliphatic carbocycles. The van der Waals surface area contributed by atoms with E-state index in [1.807, 2.05) is 6.07 Å². The Balaban J connectivity index is 2.00. The number of rotatable bonds is 4. The molecule has 2 nitrogen and oxygen atoms in total. The minimum atomic E-state index is -0.404. The molecule has 2 rings (SSSR count). The van der Waals surface area contributed by atoms with Crippen LogP contribution >= 0.6 is 11.8 Å². The van der Waals surface area contributed by atoms with E-state index in [4.69, 9.17) is 0 Å². The van der Waals surface area contributed by atoms with E-state index in [2.05, 4.69) is 25.2 Å². The molecule has 0 heterocycles. The number of hydrogen-bond acceptors (Lipinski definition) is 3. The van der Waals surface area contributed by atoms with Crippen molar-refractivity contribution in [1.29, 1.82) is 5.26 Å². The summed E-state index contributed by atoms with van der Waals surface area (Å²) in [6.45, 7) is 4.12. The van der Waals surface area contributed by atoms with Crippen LogP contribution in [0.25, 0.3) is 0 Å². The van der Waals surface area contributed by atoms with Crippen LogP contribution in [0.5, 0.6) is 0 Å². The largest absolute Gasteiger partial charge is 0.297 e. The summed E-state index contributed by atoms with van der Waals surface area (Å²) < 4.78 is 13.2. The van der Waals surface area contributed by atoms with Gasteiger partial charge in [0.05, 0.1) is 6.07 Å². The quantitative estimate of drug-likeness (QED) is 0.911. The number of thioether (sulfide) groups is 1. The van der Waals surface area contributed by atoms with Gasteiger partial charge in [0.1, 0.15) is 11.4 Å². The zero-order valence-electron chi connectivity index (χ0n) is 11.3. The predicted molar refractivity (Wildman–Crippen MR) is 76.5 cm³/mol. The second-order valence-electron chi connectivity index (χ2n) is 5.43. The Kier molecular flexibility index (Phi) is 4.49. The molecule has 1 aromatic carbocycles. The van der Waals surface area contributed by atoms with Gasteiger partial charge in [0.2, 0.25) is 0 Å². The maximum Gasteiger partial charge on any atom is 0.124 e. The van der Waals surface area contributed by atoms with E-state index in [-0.39, 0.29) is 5.82 Å². The third-order valence-corrected chi connectivity index (χ3v) is 4.61. The second-order valence-corrected chi connectivity index (χ2v) is 6.81. The van der Waals surface area contributed by atoms with Gasteiger partial charge in [0.25, 0.3) is 0 Å². The first kappa shape index (κ1) is 14.4. The van der Waals surface area contributed by atoms with E-state index < -0.39 is 5.54 Å². The van der Waals surface area contributed by atoms with Gasteiger partial charge in [-0.15, -0.1) is 11.8 Å². The fourth-order valence-corrected chi connectivity index (χ4v) is 3.98. The van der Waals surface area contributed by atoms with Crippen molar-refractivity contribution in [3.8, 4) is 6.07 Å². The highest BCUT2D eigenvalue weighted by Gasteiger charge is 2.40. The molecule has 19 heavy (non-hydrogen) atoms. The number of halogens is 1. The third kappa shape index (κ3) is 3.71. The molecule has 1 saturated carbocycles. The van der Waals surface area contributed by atoms with Gasteiger partial charge < -0.3 is 0 Å². The summed E-state index contributed by atoms with van der Waals surface area (Å²) >= 11 is 1.68. The van der Waals surface area contributed by atoms with E-state index in [0.29, 0.717) is 11.3 Å². The molecule has 1 fully saturated rings. The fraction of sp³-hybridized carbons (Fsp3) is 0.533. The van der Waals surface area contributed by atoms with Crippen LogP contribution in [0, 0.1) is 17.1 Å². The van der Waals surface area contributed by atoms with Gasteiger partial charge in [-0.3, -0.25) is 5.32 Å². The van der Waals surface area contributed by atoms with Crippen LogP contribution in [-0.4, -0.2) is 16.8 Å². The number of nitrogens with one attached hydrogen (secondary N) is 1. The van der Waals surface area contributed by atoms with Gasteiger partial charge in [0, 0.05) is 16.2 Å². The smallest absolute Gasteiger partial charge is 0.124 e. The molecule has 1 aromatic rings. The summed E-state index contributed by atoms with van der Waals surface area (Å²) in [6.07, 6.45) is 2.69. The highest BCUT2D eigenvalue weighted by Crippen LogP contribution is 2.40. The lowest BCUT2D eigenvalue weighted by Crippen LogP contribution is -2.45. The number of nitrogens with zero attached hydrogens (tertiary/aromatic N) is 1. The van der Waals surface area contributed by atoms with E-state index in [1.54, 1.807) is 23.9 Å². The lowest BCUT2D eigenvalue weighted by molar-refractivity contribution is 0.386. The molecule has 102 valence electrons. The van der Waals surface area contributed by atoms with Gasteiger partial charge in [-0.05, 0) is 51.3 Å². The van der Waals surface area contributed by atoms with Crippen molar-refractivity contribution in [3.05, 3.63) is 30.1 Å². The van der Waals surface area contributed by atoms with Crippen LogP contribution in [0.1, 0.15) is 33.1 Å². The summed E-state index contributed by atoms with van der Waals surface area (Å²) in [6, 6.07) is 9.42. The molecule has 0 amide bonds. The minimum Gasteiger partial charge on any atom is -0.297 e. The molecule has 0 aliphatic heterocycles. The molecule has 2 atom stereocenters. The monoisotopic (exact) mass is 278 g/mol.